The minimum absolute atomic E-state index is 0.154. The van der Waals surface area contributed by atoms with Crippen LogP contribution in [0.5, 0.6) is 0 Å². The second-order valence-electron chi connectivity index (χ2n) is 5.41. The second kappa shape index (κ2) is 4.30. The molecule has 82 valence electrons. The predicted molar refractivity (Wildman–Crippen MR) is 56.2 cm³/mol. The van der Waals surface area contributed by atoms with Gasteiger partial charge in [0.05, 0.1) is 5.92 Å². The van der Waals surface area contributed by atoms with Crippen LogP contribution in [0.15, 0.2) is 0 Å². The first-order valence-electron chi connectivity index (χ1n) is 5.36. The van der Waals surface area contributed by atoms with E-state index in [1.165, 1.54) is 0 Å². The fraction of sp³-hybridized carbons (Fsp3) is 0.909. The van der Waals surface area contributed by atoms with E-state index in [4.69, 9.17) is 5.11 Å². The summed E-state index contributed by atoms with van der Waals surface area (Å²) in [5.74, 6) is -0.838. The highest BCUT2D eigenvalue weighted by Crippen LogP contribution is 2.28. The molecule has 0 aromatic rings. The van der Waals surface area contributed by atoms with Crippen LogP contribution in [0, 0.1) is 11.3 Å². The molecule has 1 fully saturated rings. The highest BCUT2D eigenvalue weighted by Gasteiger charge is 2.32. The van der Waals surface area contributed by atoms with Crippen molar-refractivity contribution in [3.63, 3.8) is 0 Å². The molecule has 0 unspecified atom stereocenters. The van der Waals surface area contributed by atoms with E-state index in [1.54, 1.807) is 0 Å². The lowest BCUT2D eigenvalue weighted by atomic mass is 9.80. The van der Waals surface area contributed by atoms with Crippen molar-refractivity contribution in [2.75, 3.05) is 6.54 Å². The van der Waals surface area contributed by atoms with E-state index in [1.807, 2.05) is 0 Å². The highest BCUT2D eigenvalue weighted by molar-refractivity contribution is 5.71. The monoisotopic (exact) mass is 199 g/mol. The summed E-state index contributed by atoms with van der Waals surface area (Å²) in [5.41, 5.74) is 0.197. The Kier molecular flexibility index (Phi) is 3.53. The topological polar surface area (TPSA) is 49.3 Å². The average molecular weight is 199 g/mol. The Morgan fingerprint density at radius 3 is 2.64 bits per heavy atom. The van der Waals surface area contributed by atoms with Gasteiger partial charge in [0.1, 0.15) is 0 Å². The van der Waals surface area contributed by atoms with E-state index in [-0.39, 0.29) is 17.4 Å². The van der Waals surface area contributed by atoms with Crippen molar-refractivity contribution in [2.45, 2.75) is 46.1 Å². The first kappa shape index (κ1) is 11.5. The summed E-state index contributed by atoms with van der Waals surface area (Å²) in [4.78, 5) is 11.0. The van der Waals surface area contributed by atoms with Crippen LogP contribution in [-0.4, -0.2) is 23.7 Å². The van der Waals surface area contributed by atoms with Gasteiger partial charge in [0, 0.05) is 6.04 Å². The van der Waals surface area contributed by atoms with Crippen LogP contribution in [0.3, 0.4) is 0 Å². The molecule has 1 rings (SSSR count). The molecule has 0 spiro atoms. The molecule has 1 heterocycles. The number of carbonyl (C=O) groups is 1. The Balaban J connectivity index is 2.59. The normalized spacial score (nSPS) is 28.8. The van der Waals surface area contributed by atoms with Crippen LogP contribution < -0.4 is 5.32 Å². The van der Waals surface area contributed by atoms with E-state index in [0.29, 0.717) is 0 Å². The number of rotatable bonds is 2. The largest absolute Gasteiger partial charge is 0.481 e. The molecule has 3 nitrogen and oxygen atoms in total. The van der Waals surface area contributed by atoms with Gasteiger partial charge < -0.3 is 10.4 Å². The zero-order valence-electron chi connectivity index (χ0n) is 9.34. The number of carboxylic acid groups (broad SMARTS) is 1. The van der Waals surface area contributed by atoms with Crippen molar-refractivity contribution in [1.29, 1.82) is 0 Å². The summed E-state index contributed by atoms with van der Waals surface area (Å²) in [6.45, 7) is 7.43. The van der Waals surface area contributed by atoms with Crippen molar-refractivity contribution in [3.8, 4) is 0 Å². The van der Waals surface area contributed by atoms with Gasteiger partial charge in [-0.1, -0.05) is 20.8 Å². The fourth-order valence-corrected chi connectivity index (χ4v) is 2.12. The first-order chi connectivity index (χ1) is 6.40. The molecule has 0 aliphatic carbocycles. The SMILES string of the molecule is CC(C)(C)C[C@@H]1NCCC[C@H]1C(=O)O. The summed E-state index contributed by atoms with van der Waals surface area (Å²) >= 11 is 0. The number of carboxylic acids is 1. The van der Waals surface area contributed by atoms with Gasteiger partial charge in [-0.05, 0) is 31.2 Å². The van der Waals surface area contributed by atoms with E-state index < -0.39 is 5.97 Å². The van der Waals surface area contributed by atoms with Gasteiger partial charge >= 0.3 is 5.97 Å². The second-order valence-corrected chi connectivity index (χ2v) is 5.41. The highest BCUT2D eigenvalue weighted by atomic mass is 16.4. The third-order valence-corrected chi connectivity index (χ3v) is 2.73. The maximum atomic E-state index is 11.0. The maximum absolute atomic E-state index is 11.0. The standard InChI is InChI=1S/C11H21NO2/c1-11(2,3)7-9-8(10(13)14)5-4-6-12-9/h8-9,12H,4-7H2,1-3H3,(H,13,14)/t8-,9+/m1/s1. The van der Waals surface area contributed by atoms with Gasteiger partial charge in [-0.2, -0.15) is 0 Å². The third-order valence-electron chi connectivity index (χ3n) is 2.73. The zero-order chi connectivity index (χ0) is 10.8. The molecule has 1 saturated heterocycles. The molecule has 0 aromatic heterocycles. The molecule has 0 aromatic carbocycles. The Morgan fingerprint density at radius 1 is 1.50 bits per heavy atom. The third kappa shape index (κ3) is 3.29. The molecule has 1 aliphatic rings. The van der Waals surface area contributed by atoms with E-state index in [0.717, 1.165) is 25.8 Å². The number of hydrogen-bond acceptors (Lipinski definition) is 2. The zero-order valence-corrected chi connectivity index (χ0v) is 9.34. The average Bonchev–Trinajstić information content (AvgIpc) is 2.01. The van der Waals surface area contributed by atoms with Crippen LogP contribution in [0.2, 0.25) is 0 Å². The number of piperidine rings is 1. The number of aliphatic carboxylic acids is 1. The summed E-state index contributed by atoms with van der Waals surface area (Å²) in [6.07, 6.45) is 2.74. The summed E-state index contributed by atoms with van der Waals surface area (Å²) < 4.78 is 0. The Labute approximate surface area is 85.9 Å². The first-order valence-corrected chi connectivity index (χ1v) is 5.36. The van der Waals surface area contributed by atoms with Crippen LogP contribution in [0.25, 0.3) is 0 Å². The summed E-state index contributed by atoms with van der Waals surface area (Å²) in [7, 11) is 0. The molecular weight excluding hydrogens is 178 g/mol. The van der Waals surface area contributed by atoms with Crippen molar-refractivity contribution < 1.29 is 9.90 Å². The molecule has 0 amide bonds. The van der Waals surface area contributed by atoms with Crippen molar-refractivity contribution >= 4 is 5.97 Å². The lowest BCUT2D eigenvalue weighted by Gasteiger charge is -2.34. The lowest BCUT2D eigenvalue weighted by molar-refractivity contribution is -0.144. The van der Waals surface area contributed by atoms with E-state index >= 15 is 0 Å². The molecule has 0 radical (unpaired) electrons. The van der Waals surface area contributed by atoms with Gasteiger partial charge in [0.15, 0.2) is 0 Å². The van der Waals surface area contributed by atoms with E-state index in [2.05, 4.69) is 26.1 Å². The van der Waals surface area contributed by atoms with Gasteiger partial charge in [-0.3, -0.25) is 4.79 Å². The maximum Gasteiger partial charge on any atom is 0.308 e. The molecular formula is C11H21NO2. The van der Waals surface area contributed by atoms with E-state index in [9.17, 15) is 4.79 Å². The lowest BCUT2D eigenvalue weighted by Crippen LogP contribution is -2.46. The molecule has 1 aliphatic heterocycles. The van der Waals surface area contributed by atoms with Crippen LogP contribution in [0.4, 0.5) is 0 Å². The minimum Gasteiger partial charge on any atom is -0.481 e. The van der Waals surface area contributed by atoms with Crippen molar-refractivity contribution in [3.05, 3.63) is 0 Å². The molecule has 0 bridgehead atoms. The molecule has 14 heavy (non-hydrogen) atoms. The van der Waals surface area contributed by atoms with Crippen LogP contribution in [-0.2, 0) is 4.79 Å². The summed E-state index contributed by atoms with van der Waals surface area (Å²) in [5, 5.41) is 12.4. The summed E-state index contributed by atoms with van der Waals surface area (Å²) in [6, 6.07) is 0.154. The fourth-order valence-electron chi connectivity index (χ4n) is 2.12. The van der Waals surface area contributed by atoms with Crippen molar-refractivity contribution in [2.24, 2.45) is 11.3 Å². The quantitative estimate of drug-likeness (QED) is 0.714. The smallest absolute Gasteiger partial charge is 0.308 e. The number of hydrogen-bond donors (Lipinski definition) is 2. The van der Waals surface area contributed by atoms with Gasteiger partial charge in [-0.15, -0.1) is 0 Å². The van der Waals surface area contributed by atoms with Gasteiger partial charge in [0.25, 0.3) is 0 Å². The molecule has 2 atom stereocenters. The Morgan fingerprint density at radius 2 is 2.14 bits per heavy atom. The van der Waals surface area contributed by atoms with Crippen molar-refractivity contribution in [1.82, 2.24) is 5.32 Å². The predicted octanol–water partition coefficient (Wildman–Crippen LogP) is 1.88. The molecule has 2 N–H and O–H groups in total. The van der Waals surface area contributed by atoms with Crippen LogP contribution >= 0.6 is 0 Å². The Hall–Kier alpha value is -0.570. The minimum atomic E-state index is -0.647. The Bertz CT molecular complexity index is 208. The molecule has 3 heteroatoms. The number of nitrogens with one attached hydrogen (secondary N) is 1. The van der Waals surface area contributed by atoms with Crippen LogP contribution in [0.1, 0.15) is 40.0 Å². The van der Waals surface area contributed by atoms with Gasteiger partial charge in [-0.25, -0.2) is 0 Å². The molecule has 0 saturated carbocycles. The van der Waals surface area contributed by atoms with Gasteiger partial charge in [0.2, 0.25) is 0 Å².